The molecule has 5 nitrogen and oxygen atoms in total. The Balaban J connectivity index is 1.29. The van der Waals surface area contributed by atoms with Crippen molar-refractivity contribution >= 4 is 33.1 Å². The molecule has 0 unspecified atom stereocenters. The summed E-state index contributed by atoms with van der Waals surface area (Å²) in [6.45, 7) is 1.97. The fraction of sp³-hybridized carbons (Fsp3) is 0.261. The van der Waals surface area contributed by atoms with E-state index in [9.17, 15) is 13.6 Å². The molecule has 1 aliphatic carbocycles. The topological polar surface area (TPSA) is 59.8 Å². The predicted octanol–water partition coefficient (Wildman–Crippen LogP) is 5.92. The van der Waals surface area contributed by atoms with Crippen LogP contribution in [0.5, 0.6) is 0 Å². The van der Waals surface area contributed by atoms with E-state index in [2.05, 4.69) is 28.4 Å². The van der Waals surface area contributed by atoms with Crippen molar-refractivity contribution < 1.29 is 13.6 Å². The van der Waals surface area contributed by atoms with Crippen LogP contribution in [0, 0.1) is 6.92 Å². The Labute approximate surface area is 181 Å². The van der Waals surface area contributed by atoms with E-state index in [0.717, 1.165) is 33.6 Å². The van der Waals surface area contributed by atoms with Gasteiger partial charge in [-0.1, -0.05) is 6.07 Å². The average Bonchev–Trinajstić information content (AvgIpc) is 3.36. The summed E-state index contributed by atoms with van der Waals surface area (Å²) in [5.41, 5.74) is 4.22. The molecule has 1 N–H and O–H groups in total. The third kappa shape index (κ3) is 4.20. The molecule has 2 aromatic heterocycles. The van der Waals surface area contributed by atoms with E-state index in [-0.39, 0.29) is 24.1 Å². The van der Waals surface area contributed by atoms with Crippen LogP contribution in [0.3, 0.4) is 0 Å². The Morgan fingerprint density at radius 3 is 2.68 bits per heavy atom. The molecule has 0 bridgehead atoms. The summed E-state index contributed by atoms with van der Waals surface area (Å²) in [7, 11) is 0. The van der Waals surface area contributed by atoms with E-state index in [1.54, 1.807) is 11.3 Å². The molecular weight excluding hydrogens is 418 g/mol. The number of carbonyl (C=O) groups excluding carboxylic acids is 1. The Morgan fingerprint density at radius 1 is 1.19 bits per heavy atom. The first-order chi connectivity index (χ1) is 15.0. The molecule has 1 saturated carbocycles. The highest BCUT2D eigenvalue weighted by atomic mass is 32.1. The van der Waals surface area contributed by atoms with E-state index >= 15 is 0 Å². The van der Waals surface area contributed by atoms with Gasteiger partial charge in [0.15, 0.2) is 0 Å². The first-order valence-electron chi connectivity index (χ1n) is 10.1. The van der Waals surface area contributed by atoms with Crippen LogP contribution < -0.4 is 5.32 Å². The molecule has 0 aliphatic heterocycles. The van der Waals surface area contributed by atoms with E-state index in [4.69, 9.17) is 0 Å². The van der Waals surface area contributed by atoms with Gasteiger partial charge in [-0.2, -0.15) is 5.10 Å². The minimum Gasteiger partial charge on any atom is -0.324 e. The van der Waals surface area contributed by atoms with E-state index < -0.39 is 6.43 Å². The number of nitrogens with zero attached hydrogens (tertiary/aromatic N) is 3. The smallest absolute Gasteiger partial charge is 0.282 e. The summed E-state index contributed by atoms with van der Waals surface area (Å²) in [5.74, 6) is -0.0706. The third-order valence-corrected chi connectivity index (χ3v) is 6.37. The van der Waals surface area contributed by atoms with Crippen molar-refractivity contribution in [2.45, 2.75) is 38.7 Å². The average molecular weight is 439 g/mol. The number of halogens is 2. The molecule has 8 heteroatoms. The molecule has 4 aromatic rings. The van der Waals surface area contributed by atoms with Gasteiger partial charge in [0.05, 0.1) is 10.2 Å². The van der Waals surface area contributed by atoms with Gasteiger partial charge in [0.2, 0.25) is 5.91 Å². The van der Waals surface area contributed by atoms with Crippen LogP contribution in [-0.2, 0) is 11.3 Å². The fourth-order valence-corrected chi connectivity index (χ4v) is 4.65. The zero-order valence-corrected chi connectivity index (χ0v) is 17.6. The van der Waals surface area contributed by atoms with Gasteiger partial charge in [0.1, 0.15) is 17.2 Å². The second-order valence-corrected chi connectivity index (χ2v) is 8.87. The van der Waals surface area contributed by atoms with Crippen LogP contribution in [0.2, 0.25) is 0 Å². The highest BCUT2D eigenvalue weighted by Crippen LogP contribution is 2.41. The molecule has 1 fully saturated rings. The maximum Gasteiger partial charge on any atom is 0.282 e. The quantitative estimate of drug-likeness (QED) is 0.406. The Kier molecular flexibility index (Phi) is 5.02. The highest BCUT2D eigenvalue weighted by Gasteiger charge is 2.30. The number of rotatable bonds is 6. The Bertz CT molecular complexity index is 1260. The number of fused-ring (bicyclic) bond motifs is 1. The van der Waals surface area contributed by atoms with E-state index in [1.807, 2.05) is 36.4 Å². The third-order valence-electron chi connectivity index (χ3n) is 5.30. The molecule has 0 atom stereocenters. The van der Waals surface area contributed by atoms with E-state index in [1.165, 1.54) is 16.3 Å². The van der Waals surface area contributed by atoms with Gasteiger partial charge < -0.3 is 5.32 Å². The number of amides is 1. The van der Waals surface area contributed by atoms with Crippen LogP contribution in [0.25, 0.3) is 20.8 Å². The first kappa shape index (κ1) is 19.8. The monoisotopic (exact) mass is 438 g/mol. The lowest BCUT2D eigenvalue weighted by atomic mass is 10.2. The second-order valence-electron chi connectivity index (χ2n) is 7.84. The van der Waals surface area contributed by atoms with Crippen molar-refractivity contribution in [1.29, 1.82) is 0 Å². The molecule has 1 aliphatic rings. The number of aromatic nitrogens is 3. The number of anilines is 1. The number of alkyl halides is 2. The van der Waals surface area contributed by atoms with Crippen LogP contribution in [0.1, 0.15) is 42.1 Å². The number of hydrogen-bond acceptors (Lipinski definition) is 4. The molecule has 0 spiro atoms. The minimum absolute atomic E-state index is 0.0858. The highest BCUT2D eigenvalue weighted by molar-refractivity contribution is 7.21. The predicted molar refractivity (Wildman–Crippen MR) is 118 cm³/mol. The molecule has 5 rings (SSSR count). The van der Waals surface area contributed by atoms with Crippen molar-refractivity contribution in [3.63, 3.8) is 0 Å². The SMILES string of the molecule is Cc1ccc2nc(-c3ccc(NC(=O)Cn4nc(C(F)F)cc4C4CC4)cc3)sc2c1. The maximum atomic E-state index is 13.0. The fourth-order valence-electron chi connectivity index (χ4n) is 3.58. The normalized spacial score (nSPS) is 13.8. The maximum absolute atomic E-state index is 13.0. The van der Waals surface area contributed by atoms with Gasteiger partial charge >= 0.3 is 0 Å². The van der Waals surface area contributed by atoms with Crippen LogP contribution >= 0.6 is 11.3 Å². The molecule has 158 valence electrons. The van der Waals surface area contributed by atoms with Gasteiger partial charge in [-0.15, -0.1) is 11.3 Å². The molecule has 2 aromatic carbocycles. The largest absolute Gasteiger partial charge is 0.324 e. The molecule has 0 radical (unpaired) electrons. The molecule has 2 heterocycles. The van der Waals surface area contributed by atoms with Gasteiger partial charge in [-0.3, -0.25) is 9.48 Å². The van der Waals surface area contributed by atoms with Crippen LogP contribution in [-0.4, -0.2) is 20.7 Å². The lowest BCUT2D eigenvalue weighted by Crippen LogP contribution is -2.20. The second kappa shape index (κ2) is 7.85. The standard InChI is InChI=1S/C23H20F2N4OS/c1-13-2-9-17-20(10-13)31-23(27-17)15-5-7-16(8-6-15)26-21(30)12-29-19(14-3-4-14)11-18(28-29)22(24)25/h2,5-11,14,22H,3-4,12H2,1H3,(H,26,30). The molecule has 31 heavy (non-hydrogen) atoms. The van der Waals surface area contributed by atoms with Crippen molar-refractivity contribution in [1.82, 2.24) is 14.8 Å². The number of benzene rings is 2. The van der Waals surface area contributed by atoms with Crippen molar-refractivity contribution in [3.05, 3.63) is 65.5 Å². The van der Waals surface area contributed by atoms with Gasteiger partial charge in [0.25, 0.3) is 6.43 Å². The Morgan fingerprint density at radius 2 is 1.97 bits per heavy atom. The number of nitrogens with one attached hydrogen (secondary N) is 1. The lowest BCUT2D eigenvalue weighted by molar-refractivity contribution is -0.117. The number of thiazole rings is 1. The van der Waals surface area contributed by atoms with Crippen LogP contribution in [0.15, 0.2) is 48.5 Å². The Hall–Kier alpha value is -3.13. The van der Waals surface area contributed by atoms with Crippen molar-refractivity contribution in [2.75, 3.05) is 5.32 Å². The molecular formula is C23H20F2N4OS. The van der Waals surface area contributed by atoms with Gasteiger partial charge in [-0.05, 0) is 67.8 Å². The zero-order chi connectivity index (χ0) is 21.5. The summed E-state index contributed by atoms with van der Waals surface area (Å²) in [4.78, 5) is 17.2. The summed E-state index contributed by atoms with van der Waals surface area (Å²) >= 11 is 1.63. The number of hydrogen-bond donors (Lipinski definition) is 1. The lowest BCUT2D eigenvalue weighted by Gasteiger charge is -2.08. The van der Waals surface area contributed by atoms with Crippen molar-refractivity contribution in [3.8, 4) is 10.6 Å². The van der Waals surface area contributed by atoms with E-state index in [0.29, 0.717) is 11.4 Å². The summed E-state index contributed by atoms with van der Waals surface area (Å²) in [6.07, 6.45) is -0.744. The van der Waals surface area contributed by atoms with Gasteiger partial charge in [0, 0.05) is 22.9 Å². The minimum atomic E-state index is -2.64. The number of carbonyl (C=O) groups is 1. The van der Waals surface area contributed by atoms with Crippen molar-refractivity contribution in [2.24, 2.45) is 0 Å². The first-order valence-corrected chi connectivity index (χ1v) is 10.9. The molecule has 0 saturated heterocycles. The van der Waals surface area contributed by atoms with Crippen LogP contribution in [0.4, 0.5) is 14.5 Å². The molecule has 1 amide bonds. The summed E-state index contributed by atoms with van der Waals surface area (Å²) in [6, 6.07) is 15.1. The number of aryl methyl sites for hydroxylation is 1. The summed E-state index contributed by atoms with van der Waals surface area (Å²) < 4.78 is 28.6. The van der Waals surface area contributed by atoms with Gasteiger partial charge in [-0.25, -0.2) is 13.8 Å². The summed E-state index contributed by atoms with van der Waals surface area (Å²) in [5, 5.41) is 7.68. The zero-order valence-electron chi connectivity index (χ0n) is 16.8.